The summed E-state index contributed by atoms with van der Waals surface area (Å²) in [6.45, 7) is 2.32. The topological polar surface area (TPSA) is 152 Å². The zero-order chi connectivity index (χ0) is 36.2. The first-order valence-electron chi connectivity index (χ1n) is 17.7. The molecule has 1 unspecified atom stereocenters. The molecule has 5 N–H and O–H groups in total. The summed E-state index contributed by atoms with van der Waals surface area (Å²) in [6.07, 6.45) is 3.83. The number of fused-ring (bicyclic) bond motifs is 1. The highest BCUT2D eigenvalue weighted by atomic mass is 35.5. The molecule has 1 amide bonds. The molecule has 7 rings (SSSR count). The zero-order valence-electron chi connectivity index (χ0n) is 29.2. The quantitative estimate of drug-likeness (QED) is 0.117. The van der Waals surface area contributed by atoms with Crippen molar-refractivity contribution in [3.63, 3.8) is 0 Å². The molecule has 4 aromatic rings. The van der Waals surface area contributed by atoms with E-state index < -0.39 is 6.23 Å². The van der Waals surface area contributed by atoms with Gasteiger partial charge in [-0.25, -0.2) is 9.97 Å². The van der Waals surface area contributed by atoms with Gasteiger partial charge in [-0.15, -0.1) is 0 Å². The van der Waals surface area contributed by atoms with Crippen LogP contribution in [0.25, 0.3) is 22.4 Å². The monoisotopic (exact) mass is 747 g/mol. The lowest BCUT2D eigenvalue weighted by Crippen LogP contribution is -2.37. The van der Waals surface area contributed by atoms with Gasteiger partial charge in [-0.1, -0.05) is 65.7 Å². The van der Waals surface area contributed by atoms with Gasteiger partial charge in [0.25, 0.3) is 5.88 Å². The number of hydrogen-bond acceptors (Lipinski definition) is 11. The number of halogens is 2. The minimum atomic E-state index is -0.454. The molecule has 2 saturated heterocycles. The Morgan fingerprint density at radius 2 is 1.58 bits per heavy atom. The van der Waals surface area contributed by atoms with E-state index in [4.69, 9.17) is 42.4 Å². The van der Waals surface area contributed by atoms with Crippen molar-refractivity contribution in [3.05, 3.63) is 81.1 Å². The van der Waals surface area contributed by atoms with Crippen molar-refractivity contribution in [2.45, 2.75) is 76.0 Å². The van der Waals surface area contributed by atoms with Crippen molar-refractivity contribution in [3.8, 4) is 40.0 Å². The van der Waals surface area contributed by atoms with Crippen LogP contribution < -0.4 is 35.5 Å². The van der Waals surface area contributed by atoms with Crippen LogP contribution in [0.3, 0.4) is 0 Å². The molecule has 1 aliphatic carbocycles. The number of carbonyl (C=O) groups is 1. The summed E-state index contributed by atoms with van der Waals surface area (Å²) in [7, 11) is 3.16. The lowest BCUT2D eigenvalue weighted by atomic mass is 9.94. The molecule has 2 aliphatic heterocycles. The standard InChI is InChI=1S/C38H43Cl2N7O5/c1-50-36-21(17-41-18-22-10-15-32(48)43-22)9-13-29(46-36)28-8-4-7-27(34(28)39)24-5-3-6-26-25(24)12-14-31(26)52-38-35(40)45-30(37(47-38)51-2)20-42-19-23-11-16-33(49)44-23/h3-9,13,22-23,31,33,41-42,44,49H,10-12,14-20H2,1-2H3,(H,43,48)/t22-,23-,31-,33?/m0/s1. The van der Waals surface area contributed by atoms with Gasteiger partial charge in [0, 0.05) is 61.4 Å². The summed E-state index contributed by atoms with van der Waals surface area (Å²) in [6, 6.07) is 16.4. The number of amides is 1. The number of pyridine rings is 1. The Morgan fingerprint density at radius 1 is 0.808 bits per heavy atom. The lowest BCUT2D eigenvalue weighted by molar-refractivity contribution is -0.119. The van der Waals surface area contributed by atoms with Gasteiger partial charge in [-0.05, 0) is 54.9 Å². The molecule has 12 nitrogen and oxygen atoms in total. The Kier molecular flexibility index (Phi) is 11.4. The second-order valence-electron chi connectivity index (χ2n) is 13.3. The molecular formula is C38H43Cl2N7O5. The summed E-state index contributed by atoms with van der Waals surface area (Å²) >= 11 is 13.8. The Balaban J connectivity index is 1.06. The fourth-order valence-electron chi connectivity index (χ4n) is 7.30. The van der Waals surface area contributed by atoms with E-state index in [9.17, 15) is 9.90 Å². The number of rotatable bonds is 14. The van der Waals surface area contributed by atoms with E-state index in [1.165, 1.54) is 0 Å². The third-order valence-electron chi connectivity index (χ3n) is 9.91. The molecule has 2 aromatic carbocycles. The highest BCUT2D eigenvalue weighted by Gasteiger charge is 2.30. The molecule has 0 bridgehead atoms. The molecule has 4 heterocycles. The number of hydrogen-bond donors (Lipinski definition) is 5. The second kappa shape index (κ2) is 16.3. The molecule has 0 spiro atoms. The average molecular weight is 749 g/mol. The van der Waals surface area contributed by atoms with Crippen LogP contribution in [0, 0.1) is 0 Å². The third-order valence-corrected chi connectivity index (χ3v) is 10.6. The van der Waals surface area contributed by atoms with E-state index >= 15 is 0 Å². The SMILES string of the molecule is COc1nc(-c2cccc(-c3cccc4c3CC[C@@H]4Oc3nc(OC)c(CNC[C@@H]4CCC(O)N4)nc3Cl)c2Cl)ccc1CNC[C@@H]1CCC(=O)N1. The van der Waals surface area contributed by atoms with Crippen LogP contribution in [-0.4, -0.2) is 71.6 Å². The Labute approximate surface area is 313 Å². The highest BCUT2D eigenvalue weighted by Crippen LogP contribution is 2.44. The molecular weight excluding hydrogens is 705 g/mol. The van der Waals surface area contributed by atoms with Gasteiger partial charge in [0.15, 0.2) is 5.15 Å². The average Bonchev–Trinajstić information content (AvgIpc) is 3.89. The molecule has 14 heteroatoms. The van der Waals surface area contributed by atoms with Crippen LogP contribution in [0.1, 0.15) is 60.6 Å². The Hall–Kier alpha value is -4.04. The van der Waals surface area contributed by atoms with Gasteiger partial charge in [-0.3, -0.25) is 10.1 Å². The molecule has 4 atom stereocenters. The molecule has 274 valence electrons. The van der Waals surface area contributed by atoms with Crippen molar-refractivity contribution in [2.75, 3.05) is 27.3 Å². The minimum Gasteiger partial charge on any atom is -0.481 e. The normalized spacial score (nSPS) is 20.9. The summed E-state index contributed by atoms with van der Waals surface area (Å²) in [5.41, 5.74) is 7.14. The number of aromatic nitrogens is 3. The maximum atomic E-state index is 11.5. The molecule has 2 aromatic heterocycles. The van der Waals surface area contributed by atoms with E-state index in [1.807, 2.05) is 36.4 Å². The Bertz CT molecular complexity index is 1930. The Morgan fingerprint density at radius 3 is 2.35 bits per heavy atom. The van der Waals surface area contributed by atoms with Crippen molar-refractivity contribution in [2.24, 2.45) is 0 Å². The van der Waals surface area contributed by atoms with Crippen LogP contribution in [0.5, 0.6) is 17.6 Å². The van der Waals surface area contributed by atoms with Crippen LogP contribution in [0.2, 0.25) is 10.2 Å². The second-order valence-corrected chi connectivity index (χ2v) is 14.1. The van der Waals surface area contributed by atoms with Crippen LogP contribution in [0.15, 0.2) is 48.5 Å². The van der Waals surface area contributed by atoms with Gasteiger partial charge in [0.2, 0.25) is 17.7 Å². The summed E-state index contributed by atoms with van der Waals surface area (Å²) in [5, 5.41) is 23.4. The van der Waals surface area contributed by atoms with Crippen LogP contribution in [0.4, 0.5) is 0 Å². The zero-order valence-corrected chi connectivity index (χ0v) is 30.7. The smallest absolute Gasteiger partial charge is 0.256 e. The van der Waals surface area contributed by atoms with E-state index in [0.717, 1.165) is 65.5 Å². The number of nitrogens with one attached hydrogen (secondary N) is 4. The molecule has 3 aliphatic rings. The number of aliphatic hydroxyl groups excluding tert-OH is 1. The van der Waals surface area contributed by atoms with Crippen molar-refractivity contribution >= 4 is 29.1 Å². The summed E-state index contributed by atoms with van der Waals surface area (Å²) in [4.78, 5) is 25.5. The van der Waals surface area contributed by atoms with Crippen LogP contribution in [-0.2, 0) is 24.3 Å². The number of carbonyl (C=O) groups excluding carboxylic acids is 1. The molecule has 0 radical (unpaired) electrons. The first kappa shape index (κ1) is 36.3. The number of nitrogens with zero attached hydrogens (tertiary/aromatic N) is 3. The van der Waals surface area contributed by atoms with E-state index in [1.54, 1.807) is 14.2 Å². The molecule has 0 saturated carbocycles. The van der Waals surface area contributed by atoms with Crippen molar-refractivity contribution in [1.29, 1.82) is 0 Å². The van der Waals surface area contributed by atoms with E-state index in [-0.39, 0.29) is 35.1 Å². The first-order valence-corrected chi connectivity index (χ1v) is 18.4. The van der Waals surface area contributed by atoms with Crippen LogP contribution >= 0.6 is 23.2 Å². The first-order chi connectivity index (χ1) is 25.3. The highest BCUT2D eigenvalue weighted by molar-refractivity contribution is 6.36. The molecule has 2 fully saturated rings. The van der Waals surface area contributed by atoms with Gasteiger partial charge in [-0.2, -0.15) is 4.98 Å². The summed E-state index contributed by atoms with van der Waals surface area (Å²) < 4.78 is 17.7. The largest absolute Gasteiger partial charge is 0.481 e. The predicted octanol–water partition coefficient (Wildman–Crippen LogP) is 5.12. The van der Waals surface area contributed by atoms with Crippen molar-refractivity contribution < 1.29 is 24.1 Å². The maximum absolute atomic E-state index is 11.5. The number of ether oxygens (including phenoxy) is 3. The maximum Gasteiger partial charge on any atom is 0.256 e. The number of methoxy groups -OCH3 is 2. The number of aliphatic hydroxyl groups is 1. The fourth-order valence-corrected chi connectivity index (χ4v) is 7.81. The predicted molar refractivity (Wildman–Crippen MR) is 199 cm³/mol. The third kappa shape index (κ3) is 7.97. The lowest BCUT2D eigenvalue weighted by Gasteiger charge is -2.18. The summed E-state index contributed by atoms with van der Waals surface area (Å²) in [5.74, 6) is 1.18. The number of benzene rings is 2. The fraction of sp³-hybridized carbons (Fsp3) is 0.421. The van der Waals surface area contributed by atoms with Gasteiger partial charge in [0.1, 0.15) is 18.0 Å². The van der Waals surface area contributed by atoms with Crippen molar-refractivity contribution in [1.82, 2.24) is 36.2 Å². The van der Waals surface area contributed by atoms with E-state index in [2.05, 4.69) is 43.4 Å². The van der Waals surface area contributed by atoms with Gasteiger partial charge >= 0.3 is 0 Å². The van der Waals surface area contributed by atoms with Gasteiger partial charge < -0.3 is 35.3 Å². The molecule has 52 heavy (non-hydrogen) atoms. The van der Waals surface area contributed by atoms with Gasteiger partial charge in [0.05, 0.1) is 24.9 Å². The van der Waals surface area contributed by atoms with E-state index in [0.29, 0.717) is 60.8 Å². The minimum absolute atomic E-state index is 0.102.